The molecule has 1 aromatic heterocycles. The lowest BCUT2D eigenvalue weighted by atomic mass is 10.1. The molecule has 158 valence electrons. The lowest BCUT2D eigenvalue weighted by Crippen LogP contribution is -2.39. The van der Waals surface area contributed by atoms with Crippen LogP contribution in [0.3, 0.4) is 0 Å². The molecule has 1 saturated heterocycles. The van der Waals surface area contributed by atoms with Gasteiger partial charge in [-0.05, 0) is 42.3 Å². The lowest BCUT2D eigenvalue weighted by Gasteiger charge is -2.27. The number of hydrogen-bond donors (Lipinski definition) is 0. The van der Waals surface area contributed by atoms with Crippen LogP contribution in [0.25, 0.3) is 11.3 Å². The molecule has 2 aromatic carbocycles. The monoisotopic (exact) mass is 461 g/mol. The summed E-state index contributed by atoms with van der Waals surface area (Å²) >= 11 is 14.3. The van der Waals surface area contributed by atoms with Crippen LogP contribution in [0, 0.1) is 0 Å². The molecule has 30 heavy (non-hydrogen) atoms. The van der Waals surface area contributed by atoms with Crippen LogP contribution in [0.15, 0.2) is 52.8 Å². The Bertz CT molecular complexity index is 1050. The second kappa shape index (κ2) is 10.1. The Kier molecular flexibility index (Phi) is 7.28. The van der Waals surface area contributed by atoms with Crippen molar-refractivity contribution in [1.82, 2.24) is 9.47 Å². The quantitative estimate of drug-likeness (QED) is 0.474. The van der Waals surface area contributed by atoms with Gasteiger partial charge in [0.1, 0.15) is 0 Å². The van der Waals surface area contributed by atoms with Gasteiger partial charge in [-0.2, -0.15) is 0 Å². The Labute approximate surface area is 191 Å². The summed E-state index contributed by atoms with van der Waals surface area (Å²) in [6.45, 7) is 7.47. The van der Waals surface area contributed by atoms with Crippen LogP contribution in [0.2, 0.25) is 10.0 Å². The molecule has 1 aliphatic heterocycles. The number of morpholine rings is 1. The average molecular weight is 462 g/mol. The zero-order chi connectivity index (χ0) is 20.9. The number of thiazole rings is 1. The van der Waals surface area contributed by atoms with E-state index in [-0.39, 0.29) is 0 Å². The van der Waals surface area contributed by atoms with Crippen LogP contribution < -0.4 is 4.80 Å². The maximum atomic E-state index is 6.54. The minimum atomic E-state index is 0.639. The van der Waals surface area contributed by atoms with Gasteiger partial charge >= 0.3 is 0 Å². The van der Waals surface area contributed by atoms with Crippen molar-refractivity contribution in [2.45, 2.75) is 19.9 Å². The smallest absolute Gasteiger partial charge is 0.190 e. The molecule has 0 bridgehead atoms. The van der Waals surface area contributed by atoms with Gasteiger partial charge in [-0.25, -0.2) is 4.99 Å². The summed E-state index contributed by atoms with van der Waals surface area (Å²) in [5.41, 5.74) is 4.32. The van der Waals surface area contributed by atoms with Gasteiger partial charge in [-0.1, -0.05) is 42.3 Å². The molecule has 4 nitrogen and oxygen atoms in total. The number of aryl methyl sites for hydroxylation is 1. The van der Waals surface area contributed by atoms with Gasteiger partial charge in [0.05, 0.1) is 29.6 Å². The first-order valence-corrected chi connectivity index (χ1v) is 11.8. The summed E-state index contributed by atoms with van der Waals surface area (Å²) in [6, 6.07) is 14.1. The van der Waals surface area contributed by atoms with E-state index in [4.69, 9.17) is 32.9 Å². The van der Waals surface area contributed by atoms with Crippen LogP contribution in [-0.4, -0.2) is 42.3 Å². The molecule has 1 aliphatic rings. The van der Waals surface area contributed by atoms with E-state index in [1.807, 2.05) is 12.1 Å². The van der Waals surface area contributed by atoms with Crippen molar-refractivity contribution in [2.75, 3.05) is 32.8 Å². The van der Waals surface area contributed by atoms with E-state index in [9.17, 15) is 0 Å². The Balaban J connectivity index is 1.71. The van der Waals surface area contributed by atoms with Crippen LogP contribution >= 0.6 is 34.5 Å². The zero-order valence-electron chi connectivity index (χ0n) is 17.0. The molecule has 0 spiro atoms. The summed E-state index contributed by atoms with van der Waals surface area (Å²) in [5.74, 6) is 0. The number of benzene rings is 2. The molecule has 2 heterocycles. The Hall–Kier alpha value is -1.63. The average Bonchev–Trinajstić information content (AvgIpc) is 3.15. The predicted octanol–water partition coefficient (Wildman–Crippen LogP) is 5.65. The highest BCUT2D eigenvalue weighted by Gasteiger charge is 2.15. The van der Waals surface area contributed by atoms with E-state index in [2.05, 4.69) is 46.0 Å². The van der Waals surface area contributed by atoms with Crippen LogP contribution in [0.4, 0.5) is 5.69 Å². The molecule has 0 atom stereocenters. The van der Waals surface area contributed by atoms with Crippen LogP contribution in [0.1, 0.15) is 12.5 Å². The number of nitrogens with zero attached hydrogens (tertiary/aromatic N) is 3. The zero-order valence-corrected chi connectivity index (χ0v) is 19.3. The lowest BCUT2D eigenvalue weighted by molar-refractivity contribution is 0.0363. The maximum absolute atomic E-state index is 6.54. The van der Waals surface area contributed by atoms with Crippen molar-refractivity contribution in [2.24, 2.45) is 4.99 Å². The summed E-state index contributed by atoms with van der Waals surface area (Å²) in [5, 5.41) is 3.42. The van der Waals surface area contributed by atoms with E-state index in [0.717, 1.165) is 67.6 Å². The minimum absolute atomic E-state index is 0.639. The van der Waals surface area contributed by atoms with E-state index in [0.29, 0.717) is 10.0 Å². The minimum Gasteiger partial charge on any atom is -0.379 e. The van der Waals surface area contributed by atoms with Gasteiger partial charge in [-0.15, -0.1) is 11.3 Å². The van der Waals surface area contributed by atoms with Crippen LogP contribution in [-0.2, 0) is 17.7 Å². The van der Waals surface area contributed by atoms with E-state index < -0.39 is 0 Å². The number of ether oxygens (including phenoxy) is 1. The molecular weight excluding hydrogens is 437 g/mol. The van der Waals surface area contributed by atoms with Gasteiger partial charge < -0.3 is 9.30 Å². The molecule has 7 heteroatoms. The molecule has 0 unspecified atom stereocenters. The summed E-state index contributed by atoms with van der Waals surface area (Å²) in [4.78, 5) is 8.34. The first-order chi connectivity index (χ1) is 14.6. The van der Waals surface area contributed by atoms with E-state index in [1.165, 1.54) is 5.56 Å². The summed E-state index contributed by atoms with van der Waals surface area (Å²) in [7, 11) is 0. The Morgan fingerprint density at radius 3 is 2.50 bits per heavy atom. The fourth-order valence-corrected chi connectivity index (χ4v) is 4.98. The topological polar surface area (TPSA) is 29.8 Å². The van der Waals surface area contributed by atoms with Crippen molar-refractivity contribution in [3.63, 3.8) is 0 Å². The number of halogens is 2. The van der Waals surface area contributed by atoms with Gasteiger partial charge in [0.2, 0.25) is 0 Å². The highest BCUT2D eigenvalue weighted by Crippen LogP contribution is 2.31. The van der Waals surface area contributed by atoms with E-state index >= 15 is 0 Å². The normalized spacial score (nSPS) is 15.6. The number of rotatable bonds is 6. The fourth-order valence-electron chi connectivity index (χ4n) is 3.53. The van der Waals surface area contributed by atoms with E-state index in [1.54, 1.807) is 17.4 Å². The molecule has 0 radical (unpaired) electrons. The highest BCUT2D eigenvalue weighted by molar-refractivity contribution is 7.07. The molecular formula is C23H25Cl2N3OS. The SMILES string of the molecule is CCc1ccc(N=c2scc(-c3ccc(Cl)cc3Cl)n2CCN2CCOCC2)cc1. The first kappa shape index (κ1) is 21.6. The predicted molar refractivity (Wildman–Crippen MR) is 126 cm³/mol. The Morgan fingerprint density at radius 2 is 1.80 bits per heavy atom. The molecule has 1 fully saturated rings. The standard InChI is InChI=1S/C23H25Cl2N3OS/c1-2-17-3-6-19(7-4-17)26-23-28(10-9-27-11-13-29-14-12-27)22(16-30-23)20-8-5-18(24)15-21(20)25/h3-8,15-16H,2,9-14H2,1H3. The molecule has 4 rings (SSSR count). The van der Waals surface area contributed by atoms with Gasteiger partial charge in [0.15, 0.2) is 4.80 Å². The highest BCUT2D eigenvalue weighted by atomic mass is 35.5. The maximum Gasteiger partial charge on any atom is 0.190 e. The third-order valence-corrected chi connectivity index (χ3v) is 6.73. The second-order valence-corrected chi connectivity index (χ2v) is 8.95. The molecule has 0 N–H and O–H groups in total. The molecule has 0 saturated carbocycles. The third kappa shape index (κ3) is 5.16. The molecule has 0 amide bonds. The molecule has 3 aromatic rings. The van der Waals surface area contributed by atoms with Crippen molar-refractivity contribution in [1.29, 1.82) is 0 Å². The Morgan fingerprint density at radius 1 is 1.03 bits per heavy atom. The molecule has 0 aliphatic carbocycles. The number of hydrogen-bond acceptors (Lipinski definition) is 4. The third-order valence-electron chi connectivity index (χ3n) is 5.32. The summed E-state index contributed by atoms with van der Waals surface area (Å²) in [6.07, 6.45) is 1.03. The van der Waals surface area contributed by atoms with Crippen molar-refractivity contribution < 1.29 is 4.74 Å². The van der Waals surface area contributed by atoms with Crippen molar-refractivity contribution >= 4 is 40.2 Å². The summed E-state index contributed by atoms with van der Waals surface area (Å²) < 4.78 is 7.75. The fraction of sp³-hybridized carbons (Fsp3) is 0.348. The van der Waals surface area contributed by atoms with Gasteiger partial charge in [-0.3, -0.25) is 4.90 Å². The van der Waals surface area contributed by atoms with Crippen molar-refractivity contribution in [3.8, 4) is 11.3 Å². The van der Waals surface area contributed by atoms with Gasteiger partial charge in [0.25, 0.3) is 0 Å². The van der Waals surface area contributed by atoms with Gasteiger partial charge in [0, 0.05) is 42.1 Å². The first-order valence-electron chi connectivity index (χ1n) is 10.2. The second-order valence-electron chi connectivity index (χ2n) is 7.27. The van der Waals surface area contributed by atoms with Crippen molar-refractivity contribution in [3.05, 3.63) is 68.3 Å². The number of aromatic nitrogens is 1. The largest absolute Gasteiger partial charge is 0.379 e. The van der Waals surface area contributed by atoms with Crippen LogP contribution in [0.5, 0.6) is 0 Å².